The van der Waals surface area contributed by atoms with Crippen LogP contribution >= 0.6 is 0 Å². The van der Waals surface area contributed by atoms with E-state index in [0.29, 0.717) is 6.61 Å². The van der Waals surface area contributed by atoms with Crippen LogP contribution in [0.5, 0.6) is 11.5 Å². The second-order valence-corrected chi connectivity index (χ2v) is 6.09. The van der Waals surface area contributed by atoms with Crippen molar-refractivity contribution < 1.29 is 14.2 Å². The number of aromatic nitrogens is 2. The first-order valence-electron chi connectivity index (χ1n) is 8.94. The molecule has 0 unspecified atom stereocenters. The van der Waals surface area contributed by atoms with Crippen molar-refractivity contribution in [2.45, 2.75) is 38.5 Å². The molecule has 1 aliphatic heterocycles. The van der Waals surface area contributed by atoms with Crippen LogP contribution in [-0.2, 0) is 11.3 Å². The van der Waals surface area contributed by atoms with Crippen LogP contribution in [0, 0.1) is 0 Å². The molecule has 0 bridgehead atoms. The maximum Gasteiger partial charge on any atom is 0.139 e. The van der Waals surface area contributed by atoms with E-state index in [4.69, 9.17) is 14.2 Å². The Balaban J connectivity index is 1.52. The van der Waals surface area contributed by atoms with E-state index in [1.54, 1.807) is 7.11 Å². The molecule has 0 aliphatic carbocycles. The van der Waals surface area contributed by atoms with Gasteiger partial charge >= 0.3 is 0 Å². The second-order valence-electron chi connectivity index (χ2n) is 6.09. The fourth-order valence-corrected chi connectivity index (χ4v) is 3.19. The predicted octanol–water partition coefficient (Wildman–Crippen LogP) is 2.80. The highest BCUT2D eigenvalue weighted by Gasteiger charge is 2.30. The number of imidazole rings is 1. The van der Waals surface area contributed by atoms with Gasteiger partial charge in [-0.05, 0) is 31.9 Å². The molecule has 0 radical (unpaired) electrons. The molecule has 1 aliphatic rings. The highest BCUT2D eigenvalue weighted by Crippen LogP contribution is 2.27. The zero-order chi connectivity index (χ0) is 17.5. The maximum absolute atomic E-state index is 6.02. The van der Waals surface area contributed by atoms with E-state index in [-0.39, 0.29) is 12.1 Å². The second kappa shape index (κ2) is 8.87. The lowest BCUT2D eigenvalue weighted by molar-refractivity contribution is -0.0182. The van der Waals surface area contributed by atoms with Crippen molar-refractivity contribution in [2.75, 3.05) is 26.9 Å². The Hall–Kier alpha value is -2.05. The Bertz CT molecular complexity index is 659. The lowest BCUT2D eigenvalue weighted by Crippen LogP contribution is -2.42. The fourth-order valence-electron chi connectivity index (χ4n) is 3.19. The van der Waals surface area contributed by atoms with Crippen molar-refractivity contribution >= 4 is 0 Å². The zero-order valence-corrected chi connectivity index (χ0v) is 15.0. The summed E-state index contributed by atoms with van der Waals surface area (Å²) in [6.45, 7) is 5.17. The molecular weight excluding hydrogens is 318 g/mol. The predicted molar refractivity (Wildman–Crippen MR) is 96.1 cm³/mol. The normalized spacial score (nSPS) is 20.4. The molecular formula is C19H27N3O3. The molecule has 1 saturated heterocycles. The van der Waals surface area contributed by atoms with Crippen LogP contribution in [0.15, 0.2) is 36.7 Å². The van der Waals surface area contributed by atoms with Gasteiger partial charge in [0.2, 0.25) is 0 Å². The summed E-state index contributed by atoms with van der Waals surface area (Å²) in [5.41, 5.74) is 0. The highest BCUT2D eigenvalue weighted by atomic mass is 16.5. The van der Waals surface area contributed by atoms with Gasteiger partial charge in [-0.2, -0.15) is 0 Å². The van der Waals surface area contributed by atoms with Crippen molar-refractivity contribution in [3.8, 4) is 11.5 Å². The minimum absolute atomic E-state index is 0.000481. The van der Waals surface area contributed by atoms with Crippen LogP contribution in [-0.4, -0.2) is 42.5 Å². The van der Waals surface area contributed by atoms with Gasteiger partial charge in [-0.3, -0.25) is 0 Å². The Labute approximate surface area is 149 Å². The molecule has 2 atom stereocenters. The minimum atomic E-state index is 0.000481. The van der Waals surface area contributed by atoms with Gasteiger partial charge in [-0.15, -0.1) is 0 Å². The lowest BCUT2D eigenvalue weighted by Gasteiger charge is -2.32. The number of methoxy groups -OCH3 is 1. The number of rotatable bonds is 8. The van der Waals surface area contributed by atoms with E-state index < -0.39 is 0 Å². The van der Waals surface area contributed by atoms with E-state index in [2.05, 4.69) is 21.8 Å². The van der Waals surface area contributed by atoms with Crippen molar-refractivity contribution in [1.82, 2.24) is 14.9 Å². The van der Waals surface area contributed by atoms with Crippen molar-refractivity contribution in [1.29, 1.82) is 0 Å². The summed E-state index contributed by atoms with van der Waals surface area (Å²) in [7, 11) is 1.66. The van der Waals surface area contributed by atoms with E-state index >= 15 is 0 Å². The van der Waals surface area contributed by atoms with Crippen LogP contribution in [0.25, 0.3) is 0 Å². The van der Waals surface area contributed by atoms with Gasteiger partial charge in [-0.1, -0.05) is 6.07 Å². The van der Waals surface area contributed by atoms with Gasteiger partial charge in [0.25, 0.3) is 0 Å². The molecule has 1 aromatic carbocycles. The molecule has 0 saturated carbocycles. The molecule has 2 aromatic rings. The van der Waals surface area contributed by atoms with Gasteiger partial charge in [0.05, 0.1) is 7.11 Å². The Morgan fingerprint density at radius 2 is 2.24 bits per heavy atom. The molecule has 0 spiro atoms. The first kappa shape index (κ1) is 17.8. The maximum atomic E-state index is 6.02. The molecule has 25 heavy (non-hydrogen) atoms. The number of benzene rings is 1. The SMILES string of the molecule is CCn1ccnc1[C@@H]1OCCC[C@H]1NCCOc1cccc(OC)c1. The first-order valence-corrected chi connectivity index (χ1v) is 8.94. The molecule has 3 rings (SSSR count). The third-order valence-electron chi connectivity index (χ3n) is 4.48. The van der Waals surface area contributed by atoms with Crippen LogP contribution in [0.4, 0.5) is 0 Å². The molecule has 6 heteroatoms. The third-order valence-corrected chi connectivity index (χ3v) is 4.48. The van der Waals surface area contributed by atoms with Crippen molar-refractivity contribution in [2.24, 2.45) is 0 Å². The number of nitrogens with zero attached hydrogens (tertiary/aromatic N) is 2. The molecule has 6 nitrogen and oxygen atoms in total. The number of hydrogen-bond acceptors (Lipinski definition) is 5. The summed E-state index contributed by atoms with van der Waals surface area (Å²) in [6.07, 6.45) is 6.01. The van der Waals surface area contributed by atoms with Gasteiger partial charge in [0.1, 0.15) is 30.0 Å². The van der Waals surface area contributed by atoms with Crippen LogP contribution < -0.4 is 14.8 Å². The Kier molecular flexibility index (Phi) is 6.30. The number of ether oxygens (including phenoxy) is 3. The Morgan fingerprint density at radius 3 is 3.08 bits per heavy atom. The largest absolute Gasteiger partial charge is 0.497 e. The van der Waals surface area contributed by atoms with E-state index in [9.17, 15) is 0 Å². The highest BCUT2D eigenvalue weighted by molar-refractivity contribution is 5.32. The van der Waals surface area contributed by atoms with E-state index in [1.165, 1.54) is 0 Å². The monoisotopic (exact) mass is 345 g/mol. The summed E-state index contributed by atoms with van der Waals surface area (Å²) < 4.78 is 19.2. The van der Waals surface area contributed by atoms with Crippen LogP contribution in [0.3, 0.4) is 0 Å². The topological polar surface area (TPSA) is 57.5 Å². The molecule has 0 amide bonds. The number of aryl methyl sites for hydroxylation is 1. The molecule has 1 N–H and O–H groups in total. The quantitative estimate of drug-likeness (QED) is 0.746. The van der Waals surface area contributed by atoms with Gasteiger partial charge < -0.3 is 24.1 Å². The van der Waals surface area contributed by atoms with Gasteiger partial charge in [0, 0.05) is 44.2 Å². The van der Waals surface area contributed by atoms with E-state index in [0.717, 1.165) is 49.9 Å². The molecule has 1 fully saturated rings. The Morgan fingerprint density at radius 1 is 1.36 bits per heavy atom. The average molecular weight is 345 g/mol. The van der Waals surface area contributed by atoms with Gasteiger partial charge in [-0.25, -0.2) is 4.98 Å². The third kappa shape index (κ3) is 4.52. The fraction of sp³-hybridized carbons (Fsp3) is 0.526. The molecule has 1 aromatic heterocycles. The summed E-state index contributed by atoms with van der Waals surface area (Å²) in [5.74, 6) is 2.63. The molecule has 2 heterocycles. The van der Waals surface area contributed by atoms with Crippen LogP contribution in [0.2, 0.25) is 0 Å². The lowest BCUT2D eigenvalue weighted by atomic mass is 10.0. The first-order chi connectivity index (χ1) is 12.3. The molecule has 136 valence electrons. The van der Waals surface area contributed by atoms with Crippen molar-refractivity contribution in [3.05, 3.63) is 42.5 Å². The standard InChI is InChI=1S/C19H27N3O3/c1-3-22-11-9-21-19(22)18-17(8-5-12-25-18)20-10-13-24-16-7-4-6-15(14-16)23-2/h4,6-7,9,11,14,17-18,20H,3,5,8,10,12-13H2,1-2H3/t17-,18-/m1/s1. The number of hydrogen-bond donors (Lipinski definition) is 1. The number of nitrogens with one attached hydrogen (secondary N) is 1. The summed E-state index contributed by atoms with van der Waals surface area (Å²) in [5, 5.41) is 3.58. The van der Waals surface area contributed by atoms with Crippen molar-refractivity contribution in [3.63, 3.8) is 0 Å². The smallest absolute Gasteiger partial charge is 0.139 e. The average Bonchev–Trinajstić information content (AvgIpc) is 3.14. The summed E-state index contributed by atoms with van der Waals surface area (Å²) >= 11 is 0. The zero-order valence-electron chi connectivity index (χ0n) is 15.0. The van der Waals surface area contributed by atoms with Gasteiger partial charge in [0.15, 0.2) is 0 Å². The summed E-state index contributed by atoms with van der Waals surface area (Å²) in [6, 6.07) is 7.93. The van der Waals surface area contributed by atoms with Crippen LogP contribution in [0.1, 0.15) is 31.7 Å². The minimum Gasteiger partial charge on any atom is -0.497 e. The summed E-state index contributed by atoms with van der Waals surface area (Å²) in [4.78, 5) is 4.51. The van der Waals surface area contributed by atoms with E-state index in [1.807, 2.05) is 36.7 Å².